The number of carboxylic acids is 2. The van der Waals surface area contributed by atoms with E-state index in [1.807, 2.05) is 29.2 Å². The van der Waals surface area contributed by atoms with Gasteiger partial charge in [-0.3, -0.25) is 0 Å². The third-order valence-corrected chi connectivity index (χ3v) is 5.59. The highest BCUT2D eigenvalue weighted by atomic mass is 16.6. The van der Waals surface area contributed by atoms with Gasteiger partial charge in [-0.1, -0.05) is 12.1 Å². The number of hydrogen-bond acceptors (Lipinski definition) is 6. The van der Waals surface area contributed by atoms with Crippen LogP contribution in [0.1, 0.15) is 19.3 Å². The third-order valence-electron chi connectivity index (χ3n) is 5.59. The number of amides is 2. The normalized spacial score (nSPS) is 21.1. The predicted molar refractivity (Wildman–Crippen MR) is 115 cm³/mol. The average molecular weight is 447 g/mol. The second kappa shape index (κ2) is 11.4. The number of benzene rings is 1. The Morgan fingerprint density at radius 2 is 1.72 bits per heavy atom. The summed E-state index contributed by atoms with van der Waals surface area (Å²) in [6, 6.07) is 8.38. The average Bonchev–Trinajstić information content (AvgIpc) is 3.23. The zero-order valence-corrected chi connectivity index (χ0v) is 17.8. The summed E-state index contributed by atoms with van der Waals surface area (Å²) in [5.41, 5.74) is 0. The predicted octanol–water partition coefficient (Wildman–Crippen LogP) is 1.42. The smallest absolute Gasteiger partial charge is 0.328 e. The van der Waals surface area contributed by atoms with Gasteiger partial charge in [-0.15, -0.1) is 0 Å². The number of rotatable bonds is 6. The number of carbonyl (C=O) groups is 3. The van der Waals surface area contributed by atoms with Gasteiger partial charge < -0.3 is 34.8 Å². The molecule has 0 radical (unpaired) electrons. The molecule has 4 rings (SSSR count). The molecular formula is C22H29N3O7. The molecule has 10 nitrogen and oxygen atoms in total. The first kappa shape index (κ1) is 23.4. The van der Waals surface area contributed by atoms with E-state index >= 15 is 0 Å². The number of fused-ring (bicyclic) bond motifs is 1. The van der Waals surface area contributed by atoms with Gasteiger partial charge in [-0.25, -0.2) is 14.4 Å². The van der Waals surface area contributed by atoms with E-state index in [0.29, 0.717) is 24.8 Å². The summed E-state index contributed by atoms with van der Waals surface area (Å²) in [5.74, 6) is -0.814. The number of nitrogens with one attached hydrogen (secondary N) is 1. The SMILES string of the molecule is O=C(O)/C=C/C(=O)O.O=C1NCCN1C1CCN(CC[C@@H]2COc3ccccc3O2)CC1. The second-order valence-electron chi connectivity index (χ2n) is 7.79. The first-order valence-corrected chi connectivity index (χ1v) is 10.7. The molecule has 3 aliphatic heterocycles. The first-order chi connectivity index (χ1) is 15.4. The minimum atomic E-state index is -1.26. The number of aliphatic carboxylic acids is 2. The van der Waals surface area contributed by atoms with E-state index in [-0.39, 0.29) is 12.1 Å². The lowest BCUT2D eigenvalue weighted by Crippen LogP contribution is -2.46. The molecule has 3 aliphatic rings. The summed E-state index contributed by atoms with van der Waals surface area (Å²) in [4.78, 5) is 35.4. The molecule has 1 aromatic carbocycles. The number of carbonyl (C=O) groups excluding carboxylic acids is 1. The van der Waals surface area contributed by atoms with Gasteiger partial charge in [0, 0.05) is 57.3 Å². The van der Waals surface area contributed by atoms with Crippen LogP contribution in [0.4, 0.5) is 4.79 Å². The van der Waals surface area contributed by atoms with Gasteiger partial charge in [0.1, 0.15) is 12.7 Å². The van der Waals surface area contributed by atoms with E-state index < -0.39 is 11.9 Å². The van der Waals surface area contributed by atoms with Crippen molar-refractivity contribution in [1.82, 2.24) is 15.1 Å². The molecule has 10 heteroatoms. The number of carboxylic acid groups (broad SMARTS) is 2. The van der Waals surface area contributed by atoms with E-state index in [0.717, 1.165) is 63.5 Å². The molecule has 0 unspecified atom stereocenters. The summed E-state index contributed by atoms with van der Waals surface area (Å²) < 4.78 is 11.8. The molecule has 0 aromatic heterocycles. The van der Waals surface area contributed by atoms with Gasteiger partial charge in [0.2, 0.25) is 0 Å². The highest BCUT2D eigenvalue weighted by Crippen LogP contribution is 2.31. The van der Waals surface area contributed by atoms with E-state index in [9.17, 15) is 14.4 Å². The number of nitrogens with zero attached hydrogens (tertiary/aromatic N) is 2. The molecule has 0 spiro atoms. The highest BCUT2D eigenvalue weighted by Gasteiger charge is 2.31. The molecule has 2 amide bonds. The Balaban J connectivity index is 0.000000312. The number of para-hydroxylation sites is 2. The van der Waals surface area contributed by atoms with E-state index in [4.69, 9.17) is 19.7 Å². The zero-order chi connectivity index (χ0) is 22.9. The van der Waals surface area contributed by atoms with Gasteiger partial charge in [0.15, 0.2) is 11.5 Å². The van der Waals surface area contributed by atoms with Crippen LogP contribution in [0.3, 0.4) is 0 Å². The molecule has 0 saturated carbocycles. The van der Waals surface area contributed by atoms with Crippen LogP contribution in [-0.4, -0.2) is 89.5 Å². The molecule has 2 fully saturated rings. The Morgan fingerprint density at radius 1 is 1.06 bits per heavy atom. The molecule has 174 valence electrons. The van der Waals surface area contributed by atoms with Crippen molar-refractivity contribution in [3.63, 3.8) is 0 Å². The monoisotopic (exact) mass is 447 g/mol. The Morgan fingerprint density at radius 3 is 2.31 bits per heavy atom. The number of ether oxygens (including phenoxy) is 2. The van der Waals surface area contributed by atoms with Gasteiger partial charge >= 0.3 is 18.0 Å². The molecule has 2 saturated heterocycles. The molecular weight excluding hydrogens is 418 g/mol. The van der Waals surface area contributed by atoms with Crippen LogP contribution >= 0.6 is 0 Å². The topological polar surface area (TPSA) is 129 Å². The van der Waals surface area contributed by atoms with Gasteiger partial charge in [-0.05, 0) is 25.0 Å². The fourth-order valence-electron chi connectivity index (χ4n) is 3.96. The van der Waals surface area contributed by atoms with Crippen LogP contribution in [0.15, 0.2) is 36.4 Å². The summed E-state index contributed by atoms with van der Waals surface area (Å²) in [7, 11) is 0. The zero-order valence-electron chi connectivity index (χ0n) is 17.8. The fourth-order valence-corrected chi connectivity index (χ4v) is 3.96. The van der Waals surface area contributed by atoms with Gasteiger partial charge in [0.25, 0.3) is 0 Å². The van der Waals surface area contributed by atoms with Crippen LogP contribution < -0.4 is 14.8 Å². The standard InChI is InChI=1S/C18H25N3O3.C4H4O4/c22-18-19-8-12-21(18)14-5-9-20(10-6-14)11-7-15-13-23-16-3-1-2-4-17(16)24-15;5-3(6)1-2-4(7)8/h1-4,14-15H,5-13H2,(H,19,22);1-2H,(H,5,6)(H,7,8)/b;2-1+/t15-;/m1./s1. The van der Waals surface area contributed by atoms with Crippen LogP contribution in [0.5, 0.6) is 11.5 Å². The van der Waals surface area contributed by atoms with Crippen LogP contribution in [0.2, 0.25) is 0 Å². The Labute approximate surface area is 186 Å². The first-order valence-electron chi connectivity index (χ1n) is 10.7. The minimum absolute atomic E-state index is 0.111. The summed E-state index contributed by atoms with van der Waals surface area (Å²) in [5, 5.41) is 18.5. The Kier molecular flexibility index (Phi) is 8.32. The molecule has 0 aliphatic carbocycles. The van der Waals surface area contributed by atoms with Crippen LogP contribution in [0, 0.1) is 0 Å². The van der Waals surface area contributed by atoms with E-state index in [1.165, 1.54) is 0 Å². The van der Waals surface area contributed by atoms with Crippen molar-refractivity contribution in [3.8, 4) is 11.5 Å². The lowest BCUT2D eigenvalue weighted by Gasteiger charge is -2.36. The summed E-state index contributed by atoms with van der Waals surface area (Å²) >= 11 is 0. The molecule has 3 N–H and O–H groups in total. The Hall–Kier alpha value is -3.27. The maximum atomic E-state index is 11.8. The maximum Gasteiger partial charge on any atom is 0.328 e. The van der Waals surface area contributed by atoms with E-state index in [2.05, 4.69) is 10.2 Å². The number of likely N-dealkylation sites (tertiary alicyclic amines) is 1. The summed E-state index contributed by atoms with van der Waals surface area (Å²) in [6.07, 6.45) is 4.35. The minimum Gasteiger partial charge on any atom is -0.486 e. The van der Waals surface area contributed by atoms with Crippen molar-refractivity contribution in [1.29, 1.82) is 0 Å². The number of piperidine rings is 1. The van der Waals surface area contributed by atoms with Crippen LogP contribution in [0.25, 0.3) is 0 Å². The summed E-state index contributed by atoms with van der Waals surface area (Å²) in [6.45, 7) is 5.41. The Bertz CT molecular complexity index is 821. The van der Waals surface area contributed by atoms with Gasteiger partial charge in [0.05, 0.1) is 0 Å². The lowest BCUT2D eigenvalue weighted by atomic mass is 10.0. The second-order valence-corrected chi connectivity index (χ2v) is 7.79. The largest absolute Gasteiger partial charge is 0.486 e. The number of hydrogen-bond donors (Lipinski definition) is 3. The highest BCUT2D eigenvalue weighted by molar-refractivity contribution is 5.89. The molecule has 1 atom stereocenters. The molecule has 32 heavy (non-hydrogen) atoms. The van der Waals surface area contributed by atoms with Crippen molar-refractivity contribution in [2.24, 2.45) is 0 Å². The van der Waals surface area contributed by atoms with Crippen molar-refractivity contribution >= 4 is 18.0 Å². The van der Waals surface area contributed by atoms with Gasteiger partial charge in [-0.2, -0.15) is 0 Å². The fraction of sp³-hybridized carbons (Fsp3) is 0.500. The lowest BCUT2D eigenvalue weighted by molar-refractivity contribution is -0.134. The van der Waals surface area contributed by atoms with Crippen molar-refractivity contribution in [3.05, 3.63) is 36.4 Å². The number of urea groups is 1. The molecule has 3 heterocycles. The quantitative estimate of drug-likeness (QED) is 0.559. The third kappa shape index (κ3) is 6.88. The molecule has 1 aromatic rings. The van der Waals surface area contributed by atoms with Crippen molar-refractivity contribution in [2.75, 3.05) is 39.3 Å². The van der Waals surface area contributed by atoms with Crippen LogP contribution in [-0.2, 0) is 9.59 Å². The molecule has 0 bridgehead atoms. The van der Waals surface area contributed by atoms with E-state index in [1.54, 1.807) is 0 Å². The van der Waals surface area contributed by atoms with Crippen molar-refractivity contribution in [2.45, 2.75) is 31.4 Å². The van der Waals surface area contributed by atoms with Crippen molar-refractivity contribution < 1.29 is 34.1 Å². The maximum absolute atomic E-state index is 11.8.